The average molecular weight is 311 g/mol. The molecule has 1 aromatic rings. The number of nitrogens with one attached hydrogen (secondary N) is 1. The van der Waals surface area contributed by atoms with Gasteiger partial charge in [0.1, 0.15) is 5.75 Å². The molecule has 1 saturated heterocycles. The van der Waals surface area contributed by atoms with Crippen molar-refractivity contribution < 1.29 is 17.9 Å². The number of carbonyl (C=O) groups is 1. The van der Waals surface area contributed by atoms with Crippen LogP contribution in [-0.4, -0.2) is 38.5 Å². The molecule has 0 bridgehead atoms. The fourth-order valence-electron chi connectivity index (χ4n) is 2.48. The highest BCUT2D eigenvalue weighted by molar-refractivity contribution is 7.91. The molecule has 1 heterocycles. The number of benzene rings is 1. The van der Waals surface area contributed by atoms with Crippen molar-refractivity contribution in [3.63, 3.8) is 0 Å². The summed E-state index contributed by atoms with van der Waals surface area (Å²) in [4.78, 5) is 11.8. The van der Waals surface area contributed by atoms with E-state index < -0.39 is 9.84 Å². The first-order valence-corrected chi connectivity index (χ1v) is 8.88. The lowest BCUT2D eigenvalue weighted by atomic mass is 10.1. The Morgan fingerprint density at radius 1 is 1.33 bits per heavy atom. The molecule has 1 N–H and O–H groups in total. The van der Waals surface area contributed by atoms with Crippen LogP contribution in [0.2, 0.25) is 0 Å². The quantitative estimate of drug-likeness (QED) is 0.891. The maximum Gasteiger partial charge on any atom is 0.223 e. The first-order chi connectivity index (χ1) is 9.87. The summed E-state index contributed by atoms with van der Waals surface area (Å²) < 4.78 is 28.3. The summed E-state index contributed by atoms with van der Waals surface area (Å²) in [6, 6.07) is 5.64. The van der Waals surface area contributed by atoms with E-state index in [9.17, 15) is 13.2 Å². The highest BCUT2D eigenvalue weighted by Gasteiger charge is 2.28. The highest BCUT2D eigenvalue weighted by Crippen LogP contribution is 2.22. The van der Waals surface area contributed by atoms with Gasteiger partial charge in [-0.25, -0.2) is 8.42 Å². The van der Waals surface area contributed by atoms with Crippen LogP contribution >= 0.6 is 0 Å². The maximum absolute atomic E-state index is 11.8. The molecule has 1 aliphatic rings. The largest absolute Gasteiger partial charge is 0.493 e. The summed E-state index contributed by atoms with van der Waals surface area (Å²) in [7, 11) is -2.96. The van der Waals surface area contributed by atoms with E-state index in [4.69, 9.17) is 4.74 Å². The fraction of sp³-hybridized carbons (Fsp3) is 0.533. The smallest absolute Gasteiger partial charge is 0.223 e. The van der Waals surface area contributed by atoms with Gasteiger partial charge in [-0.3, -0.25) is 4.79 Å². The van der Waals surface area contributed by atoms with Crippen LogP contribution in [0, 0.1) is 13.8 Å². The van der Waals surface area contributed by atoms with Gasteiger partial charge in [0, 0.05) is 6.04 Å². The van der Waals surface area contributed by atoms with Crippen LogP contribution in [0.4, 0.5) is 0 Å². The first-order valence-electron chi connectivity index (χ1n) is 7.06. The zero-order valence-corrected chi connectivity index (χ0v) is 13.2. The van der Waals surface area contributed by atoms with Gasteiger partial charge in [-0.2, -0.15) is 0 Å². The third-order valence-corrected chi connectivity index (χ3v) is 5.35. The second-order valence-electron chi connectivity index (χ2n) is 5.49. The number of aryl methyl sites for hydroxylation is 2. The Morgan fingerprint density at radius 2 is 2.00 bits per heavy atom. The number of rotatable bonds is 5. The number of sulfone groups is 1. The summed E-state index contributed by atoms with van der Waals surface area (Å²) in [6.07, 6.45) is 0.732. The molecule has 5 nitrogen and oxygen atoms in total. The molecule has 1 unspecified atom stereocenters. The molecule has 21 heavy (non-hydrogen) atoms. The molecule has 0 aliphatic carbocycles. The van der Waals surface area contributed by atoms with Gasteiger partial charge < -0.3 is 10.1 Å². The second-order valence-corrected chi connectivity index (χ2v) is 7.72. The van der Waals surface area contributed by atoms with Crippen molar-refractivity contribution in [2.75, 3.05) is 18.1 Å². The van der Waals surface area contributed by atoms with E-state index in [1.165, 1.54) is 0 Å². The lowest BCUT2D eigenvalue weighted by Gasteiger charge is -2.13. The summed E-state index contributed by atoms with van der Waals surface area (Å²) in [5.74, 6) is 0.866. The number of hydrogen-bond acceptors (Lipinski definition) is 4. The summed E-state index contributed by atoms with van der Waals surface area (Å²) >= 11 is 0. The van der Waals surface area contributed by atoms with E-state index in [1.807, 2.05) is 32.0 Å². The van der Waals surface area contributed by atoms with Crippen LogP contribution in [0.5, 0.6) is 5.75 Å². The summed E-state index contributed by atoms with van der Waals surface area (Å²) in [5, 5.41) is 2.75. The van der Waals surface area contributed by atoms with Gasteiger partial charge in [-0.15, -0.1) is 0 Å². The van der Waals surface area contributed by atoms with Crippen LogP contribution in [0.3, 0.4) is 0 Å². The fourth-order valence-corrected chi connectivity index (χ4v) is 4.15. The van der Waals surface area contributed by atoms with Crippen LogP contribution in [0.15, 0.2) is 18.2 Å². The molecular weight excluding hydrogens is 290 g/mol. The molecule has 1 aliphatic heterocycles. The van der Waals surface area contributed by atoms with Gasteiger partial charge in [0.25, 0.3) is 0 Å². The topological polar surface area (TPSA) is 72.5 Å². The standard InChI is InChI=1S/C15H21NO4S/c1-11-4-3-5-12(2)15(11)20-8-6-14(17)16-13-7-9-21(18,19)10-13/h3-5,13H,6-10H2,1-2H3,(H,16,17). The monoisotopic (exact) mass is 311 g/mol. The maximum atomic E-state index is 11.8. The lowest BCUT2D eigenvalue weighted by molar-refractivity contribution is -0.122. The van der Waals surface area contributed by atoms with Gasteiger partial charge >= 0.3 is 0 Å². The van der Waals surface area contributed by atoms with E-state index in [-0.39, 0.29) is 36.5 Å². The zero-order valence-electron chi connectivity index (χ0n) is 12.4. The summed E-state index contributed by atoms with van der Waals surface area (Å²) in [5.41, 5.74) is 2.08. The Hall–Kier alpha value is -1.56. The van der Waals surface area contributed by atoms with Crippen molar-refractivity contribution in [2.24, 2.45) is 0 Å². The predicted molar refractivity (Wildman–Crippen MR) is 81.2 cm³/mol. The van der Waals surface area contributed by atoms with Crippen LogP contribution in [-0.2, 0) is 14.6 Å². The number of hydrogen-bond donors (Lipinski definition) is 1. The minimum atomic E-state index is -2.96. The van der Waals surface area contributed by atoms with Crippen molar-refractivity contribution in [1.29, 1.82) is 0 Å². The molecule has 116 valence electrons. The molecule has 1 fully saturated rings. The van der Waals surface area contributed by atoms with Crippen molar-refractivity contribution in [1.82, 2.24) is 5.32 Å². The van der Waals surface area contributed by atoms with Crippen molar-refractivity contribution in [2.45, 2.75) is 32.7 Å². The Labute approximate surface area is 125 Å². The Balaban J connectivity index is 1.77. The van der Waals surface area contributed by atoms with E-state index in [0.717, 1.165) is 16.9 Å². The van der Waals surface area contributed by atoms with E-state index in [0.29, 0.717) is 6.42 Å². The van der Waals surface area contributed by atoms with Gasteiger partial charge in [0.15, 0.2) is 9.84 Å². The van der Waals surface area contributed by atoms with Gasteiger partial charge in [0.2, 0.25) is 5.91 Å². The number of para-hydroxylation sites is 1. The molecule has 2 rings (SSSR count). The lowest BCUT2D eigenvalue weighted by Crippen LogP contribution is -2.36. The van der Waals surface area contributed by atoms with Crippen LogP contribution in [0.25, 0.3) is 0 Å². The Morgan fingerprint density at radius 3 is 2.57 bits per heavy atom. The Kier molecular flexibility index (Phi) is 4.88. The molecule has 1 aromatic carbocycles. The predicted octanol–water partition coefficient (Wildman–Crippen LogP) is 1.38. The normalized spacial score (nSPS) is 20.2. The SMILES string of the molecule is Cc1cccc(C)c1OCCC(=O)NC1CCS(=O)(=O)C1. The van der Waals surface area contributed by atoms with Crippen molar-refractivity contribution >= 4 is 15.7 Å². The third-order valence-electron chi connectivity index (χ3n) is 3.58. The number of amides is 1. The molecule has 0 aromatic heterocycles. The highest BCUT2D eigenvalue weighted by atomic mass is 32.2. The number of ether oxygens (including phenoxy) is 1. The molecule has 0 radical (unpaired) electrons. The second kappa shape index (κ2) is 6.47. The van der Waals surface area contributed by atoms with Crippen molar-refractivity contribution in [3.8, 4) is 5.75 Å². The van der Waals surface area contributed by atoms with Gasteiger partial charge in [-0.1, -0.05) is 18.2 Å². The van der Waals surface area contributed by atoms with Gasteiger partial charge in [0.05, 0.1) is 24.5 Å². The zero-order chi connectivity index (χ0) is 15.5. The number of carbonyl (C=O) groups excluding carboxylic acids is 1. The van der Waals surface area contributed by atoms with E-state index in [1.54, 1.807) is 0 Å². The van der Waals surface area contributed by atoms with E-state index >= 15 is 0 Å². The molecule has 0 spiro atoms. The molecule has 1 amide bonds. The first kappa shape index (κ1) is 15.8. The van der Waals surface area contributed by atoms with Gasteiger partial charge in [-0.05, 0) is 31.4 Å². The minimum Gasteiger partial charge on any atom is -0.493 e. The minimum absolute atomic E-state index is 0.0521. The summed E-state index contributed by atoms with van der Waals surface area (Å²) in [6.45, 7) is 4.22. The van der Waals surface area contributed by atoms with E-state index in [2.05, 4.69) is 5.32 Å². The average Bonchev–Trinajstić information content (AvgIpc) is 2.72. The van der Waals surface area contributed by atoms with Crippen molar-refractivity contribution in [3.05, 3.63) is 29.3 Å². The van der Waals surface area contributed by atoms with Crippen LogP contribution in [0.1, 0.15) is 24.0 Å². The Bertz CT molecular complexity index is 604. The molecular formula is C15H21NO4S. The molecule has 6 heteroatoms. The molecule has 0 saturated carbocycles. The van der Waals surface area contributed by atoms with Crippen LogP contribution < -0.4 is 10.1 Å². The molecule has 1 atom stereocenters. The third kappa shape index (κ3) is 4.46.